The molecule has 1 atom stereocenters. The molecule has 0 bridgehead atoms. The van der Waals surface area contributed by atoms with E-state index in [-0.39, 0.29) is 39.0 Å². The van der Waals surface area contributed by atoms with Crippen molar-refractivity contribution in [2.45, 2.75) is 58.5 Å². The summed E-state index contributed by atoms with van der Waals surface area (Å²) >= 11 is 12.4. The van der Waals surface area contributed by atoms with E-state index >= 15 is 0 Å². The molecule has 41 heavy (non-hydrogen) atoms. The number of rotatable bonds is 12. The van der Waals surface area contributed by atoms with E-state index in [9.17, 15) is 18.0 Å². The first-order chi connectivity index (χ1) is 19.3. The monoisotopic (exact) mass is 617 g/mol. The Morgan fingerprint density at radius 3 is 2.00 bits per heavy atom. The molecule has 0 heterocycles. The van der Waals surface area contributed by atoms with Gasteiger partial charge in [0.1, 0.15) is 12.6 Å². The van der Waals surface area contributed by atoms with Crippen molar-refractivity contribution in [1.29, 1.82) is 0 Å². The van der Waals surface area contributed by atoms with Gasteiger partial charge in [-0.15, -0.1) is 0 Å². The number of nitrogens with zero attached hydrogens (tertiary/aromatic N) is 2. The van der Waals surface area contributed by atoms with Crippen molar-refractivity contribution in [3.63, 3.8) is 0 Å². The Hall–Kier alpha value is -3.07. The number of hydrogen-bond acceptors (Lipinski definition) is 4. The standard InChI is InChI=1S/C31H37Cl2N3O4S/c1-6-29(31(38)34-18-21(2)3)35(19-24-11-7-22(4)8-12-24)30(37)20-36(25-13-16-27(32)28(33)17-25)41(39,40)26-14-9-23(5)10-15-26/h7-17,21,29H,6,18-20H2,1-5H3,(H,34,38)/t29-/m0/s1. The van der Waals surface area contributed by atoms with Gasteiger partial charge in [-0.1, -0.05) is 91.5 Å². The minimum atomic E-state index is -4.20. The quantitative estimate of drug-likeness (QED) is 0.255. The van der Waals surface area contributed by atoms with Crippen LogP contribution in [-0.2, 0) is 26.2 Å². The molecule has 3 aromatic rings. The molecule has 10 heteroatoms. The molecule has 0 fully saturated rings. The lowest BCUT2D eigenvalue weighted by atomic mass is 10.1. The van der Waals surface area contributed by atoms with E-state index in [0.29, 0.717) is 13.0 Å². The summed E-state index contributed by atoms with van der Waals surface area (Å²) < 4.78 is 28.9. The molecule has 2 amide bonds. The summed E-state index contributed by atoms with van der Waals surface area (Å²) in [5.41, 5.74) is 2.95. The summed E-state index contributed by atoms with van der Waals surface area (Å²) in [6.07, 6.45) is 0.346. The van der Waals surface area contributed by atoms with E-state index in [4.69, 9.17) is 23.2 Å². The maximum atomic E-state index is 14.1. The molecule has 0 saturated heterocycles. The third kappa shape index (κ3) is 8.47. The van der Waals surface area contributed by atoms with Crippen LogP contribution >= 0.6 is 23.2 Å². The molecule has 0 unspecified atom stereocenters. The van der Waals surface area contributed by atoms with Crippen LogP contribution in [0.5, 0.6) is 0 Å². The summed E-state index contributed by atoms with van der Waals surface area (Å²) in [4.78, 5) is 28.9. The van der Waals surface area contributed by atoms with Gasteiger partial charge in [-0.25, -0.2) is 8.42 Å². The largest absolute Gasteiger partial charge is 0.354 e. The molecule has 7 nitrogen and oxygen atoms in total. The fourth-order valence-electron chi connectivity index (χ4n) is 4.24. The number of hydrogen-bond donors (Lipinski definition) is 1. The van der Waals surface area contributed by atoms with Crippen LogP contribution in [0.3, 0.4) is 0 Å². The zero-order chi connectivity index (χ0) is 30.3. The second kappa shape index (κ2) is 14.2. The molecule has 220 valence electrons. The highest BCUT2D eigenvalue weighted by atomic mass is 35.5. The normalized spacial score (nSPS) is 12.2. The second-order valence-electron chi connectivity index (χ2n) is 10.5. The lowest BCUT2D eigenvalue weighted by molar-refractivity contribution is -0.140. The Balaban J connectivity index is 2.06. The Morgan fingerprint density at radius 1 is 0.878 bits per heavy atom. The molecular weight excluding hydrogens is 581 g/mol. The van der Waals surface area contributed by atoms with E-state index in [1.54, 1.807) is 12.1 Å². The van der Waals surface area contributed by atoms with Crippen LogP contribution in [0.15, 0.2) is 71.6 Å². The summed E-state index contributed by atoms with van der Waals surface area (Å²) in [6, 6.07) is 17.6. The van der Waals surface area contributed by atoms with Crippen LogP contribution in [0.25, 0.3) is 0 Å². The molecule has 0 aliphatic rings. The summed E-state index contributed by atoms with van der Waals surface area (Å²) in [5.74, 6) is -0.592. The van der Waals surface area contributed by atoms with Gasteiger partial charge in [0.25, 0.3) is 10.0 Å². The Labute approximate surface area is 253 Å². The van der Waals surface area contributed by atoms with Gasteiger partial charge in [-0.2, -0.15) is 0 Å². The first-order valence-electron chi connectivity index (χ1n) is 13.5. The number of nitrogens with one attached hydrogen (secondary N) is 1. The van der Waals surface area contributed by atoms with E-state index in [2.05, 4.69) is 5.32 Å². The van der Waals surface area contributed by atoms with E-state index in [0.717, 1.165) is 21.0 Å². The lowest BCUT2D eigenvalue weighted by Crippen LogP contribution is -2.52. The van der Waals surface area contributed by atoms with Crippen molar-refractivity contribution in [3.8, 4) is 0 Å². The number of carbonyl (C=O) groups is 2. The molecule has 0 aliphatic carbocycles. The van der Waals surface area contributed by atoms with Gasteiger partial charge in [-0.3, -0.25) is 13.9 Å². The van der Waals surface area contributed by atoms with Crippen molar-refractivity contribution >= 4 is 50.7 Å². The predicted molar refractivity (Wildman–Crippen MR) is 166 cm³/mol. The maximum Gasteiger partial charge on any atom is 0.264 e. The number of anilines is 1. The topological polar surface area (TPSA) is 86.8 Å². The minimum absolute atomic E-state index is 0.0220. The summed E-state index contributed by atoms with van der Waals surface area (Å²) in [6.45, 7) is 9.66. The molecular formula is C31H37Cl2N3O4S. The Kier molecular flexibility index (Phi) is 11.2. The molecule has 0 saturated carbocycles. The molecule has 0 radical (unpaired) electrons. The van der Waals surface area contributed by atoms with Gasteiger partial charge in [0.05, 0.1) is 20.6 Å². The molecule has 0 aromatic heterocycles. The van der Waals surface area contributed by atoms with Gasteiger partial charge >= 0.3 is 0 Å². The van der Waals surface area contributed by atoms with E-state index < -0.39 is 28.5 Å². The second-order valence-corrected chi connectivity index (χ2v) is 13.2. The number of amides is 2. The van der Waals surface area contributed by atoms with Gasteiger partial charge < -0.3 is 10.2 Å². The summed E-state index contributed by atoms with van der Waals surface area (Å²) in [7, 11) is -4.20. The molecule has 1 N–H and O–H groups in total. The number of aryl methyl sites for hydroxylation is 2. The van der Waals surface area contributed by atoms with Crippen LogP contribution < -0.4 is 9.62 Å². The number of carbonyl (C=O) groups excluding carboxylic acids is 2. The van der Waals surface area contributed by atoms with Crippen molar-refractivity contribution < 1.29 is 18.0 Å². The minimum Gasteiger partial charge on any atom is -0.354 e. The smallest absolute Gasteiger partial charge is 0.264 e. The molecule has 3 aromatic carbocycles. The average Bonchev–Trinajstić information content (AvgIpc) is 2.93. The van der Waals surface area contributed by atoms with Crippen molar-refractivity contribution in [2.75, 3.05) is 17.4 Å². The van der Waals surface area contributed by atoms with E-state index in [1.165, 1.54) is 35.2 Å². The molecule has 3 rings (SSSR count). The fraction of sp³-hybridized carbons (Fsp3) is 0.355. The number of halogens is 2. The highest BCUT2D eigenvalue weighted by Gasteiger charge is 2.34. The Bertz CT molecular complexity index is 1460. The first kappa shape index (κ1) is 32.4. The SMILES string of the molecule is CC[C@@H](C(=O)NCC(C)C)N(Cc1ccc(C)cc1)C(=O)CN(c1ccc(Cl)c(Cl)c1)S(=O)(=O)c1ccc(C)cc1. The number of benzene rings is 3. The number of sulfonamides is 1. The van der Waals surface area contributed by atoms with Gasteiger partial charge in [0.2, 0.25) is 11.8 Å². The third-order valence-electron chi connectivity index (χ3n) is 6.62. The van der Waals surface area contributed by atoms with Crippen LogP contribution in [0.4, 0.5) is 5.69 Å². The lowest BCUT2D eigenvalue weighted by Gasteiger charge is -2.33. The zero-order valence-corrected chi connectivity index (χ0v) is 26.4. The summed E-state index contributed by atoms with van der Waals surface area (Å²) in [5, 5.41) is 3.33. The van der Waals surface area contributed by atoms with Crippen molar-refractivity contribution in [3.05, 3.63) is 93.5 Å². The van der Waals surface area contributed by atoms with Crippen molar-refractivity contribution in [2.24, 2.45) is 5.92 Å². The van der Waals surface area contributed by atoms with E-state index in [1.807, 2.05) is 58.9 Å². The van der Waals surface area contributed by atoms with Gasteiger partial charge in [0, 0.05) is 13.1 Å². The Morgan fingerprint density at radius 2 is 1.46 bits per heavy atom. The fourth-order valence-corrected chi connectivity index (χ4v) is 5.94. The highest BCUT2D eigenvalue weighted by Crippen LogP contribution is 2.31. The van der Waals surface area contributed by atoms with Gasteiger partial charge in [0.15, 0.2) is 0 Å². The predicted octanol–water partition coefficient (Wildman–Crippen LogP) is 6.39. The molecule has 0 spiro atoms. The molecule has 0 aliphatic heterocycles. The van der Waals surface area contributed by atoms with Crippen LogP contribution in [0.2, 0.25) is 10.0 Å². The van der Waals surface area contributed by atoms with Crippen LogP contribution in [-0.4, -0.2) is 44.3 Å². The average molecular weight is 619 g/mol. The highest BCUT2D eigenvalue weighted by molar-refractivity contribution is 7.92. The third-order valence-corrected chi connectivity index (χ3v) is 9.15. The van der Waals surface area contributed by atoms with Crippen LogP contribution in [0.1, 0.15) is 43.9 Å². The first-order valence-corrected chi connectivity index (χ1v) is 15.7. The zero-order valence-electron chi connectivity index (χ0n) is 24.0. The van der Waals surface area contributed by atoms with Crippen molar-refractivity contribution in [1.82, 2.24) is 10.2 Å². The maximum absolute atomic E-state index is 14.1. The van der Waals surface area contributed by atoms with Gasteiger partial charge in [-0.05, 0) is 62.1 Å². The van der Waals surface area contributed by atoms with Crippen LogP contribution in [0, 0.1) is 19.8 Å².